The van der Waals surface area contributed by atoms with E-state index in [1.54, 1.807) is 54.6 Å². The van der Waals surface area contributed by atoms with Gasteiger partial charge in [0.1, 0.15) is 11.6 Å². The van der Waals surface area contributed by atoms with Gasteiger partial charge in [-0.2, -0.15) is 0 Å². The summed E-state index contributed by atoms with van der Waals surface area (Å²) >= 11 is 0. The Bertz CT molecular complexity index is 1630. The fourth-order valence-corrected chi connectivity index (χ4v) is 5.24. The van der Waals surface area contributed by atoms with Crippen molar-refractivity contribution in [1.29, 1.82) is 0 Å². The van der Waals surface area contributed by atoms with E-state index < -0.39 is 21.7 Å². The number of morpholine rings is 1. The number of carbonyl (C=O) groups excluding carboxylic acids is 1. The molecule has 0 aliphatic carbocycles. The normalized spacial score (nSPS) is 15.5. The summed E-state index contributed by atoms with van der Waals surface area (Å²) < 4.78 is 50.2. The van der Waals surface area contributed by atoms with Crippen molar-refractivity contribution in [1.82, 2.24) is 9.97 Å². The number of amides is 1. The Kier molecular flexibility index (Phi) is 7.76. The third-order valence-corrected chi connectivity index (χ3v) is 7.49. The van der Waals surface area contributed by atoms with E-state index >= 15 is 0 Å². The summed E-state index contributed by atoms with van der Waals surface area (Å²) in [6.07, 6.45) is 0.442. The van der Waals surface area contributed by atoms with Crippen LogP contribution in [0.5, 0.6) is 5.75 Å². The standard InChI is InChI=1S/C29H27FN4O5S/c1-19-18-38-15-14-34(19)28-32-25(17-26(33-28)24-16-21(30)10-13-27(24)40(2,36)37)20-8-11-22(12-9-20)31-29(35)39-23-6-4-3-5-7-23/h3-13,16-17,19H,14-15,18H2,1-2H3,(H,31,35)/t19-/m0/s1. The monoisotopic (exact) mass is 562 g/mol. The predicted molar refractivity (Wildman–Crippen MR) is 150 cm³/mol. The highest BCUT2D eigenvalue weighted by Crippen LogP contribution is 2.32. The summed E-state index contributed by atoms with van der Waals surface area (Å²) in [4.78, 5) is 23.7. The molecule has 40 heavy (non-hydrogen) atoms. The van der Waals surface area contributed by atoms with Crippen LogP contribution in [0.3, 0.4) is 0 Å². The molecule has 11 heteroatoms. The molecule has 1 aromatic heterocycles. The first kappa shape index (κ1) is 27.2. The van der Waals surface area contributed by atoms with Crippen molar-refractivity contribution >= 4 is 27.6 Å². The molecular formula is C29H27FN4O5S. The Hall–Kier alpha value is -4.35. The summed E-state index contributed by atoms with van der Waals surface area (Å²) in [5.74, 6) is 0.211. The zero-order valence-electron chi connectivity index (χ0n) is 21.9. The number of rotatable bonds is 6. The molecule has 1 aliphatic rings. The molecule has 5 rings (SSSR count). The first-order chi connectivity index (χ1) is 19.2. The molecule has 2 heterocycles. The largest absolute Gasteiger partial charge is 0.417 e. The summed E-state index contributed by atoms with van der Waals surface area (Å²) in [5, 5.41) is 2.68. The number of ether oxygens (including phenoxy) is 2. The highest BCUT2D eigenvalue weighted by Gasteiger charge is 2.24. The van der Waals surface area contributed by atoms with Crippen molar-refractivity contribution in [2.75, 3.05) is 36.2 Å². The lowest BCUT2D eigenvalue weighted by atomic mass is 10.1. The molecule has 0 bridgehead atoms. The van der Waals surface area contributed by atoms with E-state index in [4.69, 9.17) is 14.5 Å². The van der Waals surface area contributed by atoms with Gasteiger partial charge >= 0.3 is 6.09 Å². The molecule has 1 fully saturated rings. The lowest BCUT2D eigenvalue weighted by molar-refractivity contribution is 0.0981. The van der Waals surface area contributed by atoms with Crippen molar-refractivity contribution in [3.63, 3.8) is 0 Å². The van der Waals surface area contributed by atoms with Gasteiger partial charge in [-0.15, -0.1) is 0 Å². The second-order valence-corrected chi connectivity index (χ2v) is 11.4. The maximum absolute atomic E-state index is 14.3. The van der Waals surface area contributed by atoms with Crippen LogP contribution in [0.4, 0.5) is 20.8 Å². The third kappa shape index (κ3) is 6.27. The molecule has 0 spiro atoms. The van der Waals surface area contributed by atoms with E-state index in [1.165, 1.54) is 12.1 Å². The Morgan fingerprint density at radius 2 is 1.75 bits per heavy atom. The van der Waals surface area contributed by atoms with Crippen LogP contribution in [-0.2, 0) is 14.6 Å². The zero-order chi connectivity index (χ0) is 28.3. The van der Waals surface area contributed by atoms with Crippen LogP contribution in [0.15, 0.2) is 83.8 Å². The number of carbonyl (C=O) groups is 1. The molecule has 1 aliphatic heterocycles. The Morgan fingerprint density at radius 3 is 2.45 bits per heavy atom. The number of hydrogen-bond donors (Lipinski definition) is 1. The van der Waals surface area contributed by atoms with Crippen molar-refractivity contribution in [2.45, 2.75) is 17.9 Å². The van der Waals surface area contributed by atoms with Gasteiger partial charge in [0.15, 0.2) is 9.84 Å². The topological polar surface area (TPSA) is 111 Å². The number of para-hydroxylation sites is 1. The fourth-order valence-electron chi connectivity index (χ4n) is 4.36. The maximum atomic E-state index is 14.3. The van der Waals surface area contributed by atoms with E-state index in [2.05, 4.69) is 10.3 Å². The Balaban J connectivity index is 1.51. The van der Waals surface area contributed by atoms with Gasteiger partial charge in [0.2, 0.25) is 5.95 Å². The van der Waals surface area contributed by atoms with Gasteiger partial charge in [-0.3, -0.25) is 5.32 Å². The zero-order valence-corrected chi connectivity index (χ0v) is 22.7. The first-order valence-electron chi connectivity index (χ1n) is 12.5. The molecule has 206 valence electrons. The lowest BCUT2D eigenvalue weighted by Crippen LogP contribution is -2.44. The highest BCUT2D eigenvalue weighted by molar-refractivity contribution is 7.90. The number of hydrogen-bond acceptors (Lipinski definition) is 8. The summed E-state index contributed by atoms with van der Waals surface area (Å²) in [6.45, 7) is 3.49. The number of nitrogens with one attached hydrogen (secondary N) is 1. The number of nitrogens with zero attached hydrogens (tertiary/aromatic N) is 3. The quantitative estimate of drug-likeness (QED) is 0.320. The molecule has 4 aromatic rings. The van der Waals surface area contributed by atoms with E-state index in [-0.39, 0.29) is 22.2 Å². The number of sulfone groups is 1. The average Bonchev–Trinajstić information content (AvgIpc) is 2.93. The van der Waals surface area contributed by atoms with Gasteiger partial charge in [0.25, 0.3) is 0 Å². The summed E-state index contributed by atoms with van der Waals surface area (Å²) in [7, 11) is -3.68. The summed E-state index contributed by atoms with van der Waals surface area (Å²) in [6, 6.07) is 20.8. The first-order valence-corrected chi connectivity index (χ1v) is 14.4. The van der Waals surface area contributed by atoms with Crippen LogP contribution >= 0.6 is 0 Å². The average molecular weight is 563 g/mol. The minimum absolute atomic E-state index is 0.0269. The van der Waals surface area contributed by atoms with Gasteiger partial charge < -0.3 is 14.4 Å². The van der Waals surface area contributed by atoms with E-state index in [9.17, 15) is 17.6 Å². The van der Waals surface area contributed by atoms with Gasteiger partial charge in [0.05, 0.1) is 35.5 Å². The van der Waals surface area contributed by atoms with E-state index in [1.807, 2.05) is 17.9 Å². The molecule has 0 radical (unpaired) electrons. The van der Waals surface area contributed by atoms with Crippen LogP contribution < -0.4 is 15.0 Å². The van der Waals surface area contributed by atoms with Crippen LogP contribution in [0, 0.1) is 5.82 Å². The smallest absolute Gasteiger partial charge is 0.410 e. The molecular weight excluding hydrogens is 535 g/mol. The molecule has 9 nitrogen and oxygen atoms in total. The number of anilines is 2. The SMILES string of the molecule is C[C@H]1COCCN1c1nc(-c2ccc(NC(=O)Oc3ccccc3)cc2)cc(-c2cc(F)ccc2S(C)(=O)=O)n1. The van der Waals surface area contributed by atoms with E-state index in [0.717, 1.165) is 12.3 Å². The van der Waals surface area contributed by atoms with Crippen LogP contribution in [0.2, 0.25) is 0 Å². The molecule has 1 saturated heterocycles. The molecule has 1 amide bonds. The predicted octanol–water partition coefficient (Wildman–Crippen LogP) is 5.19. The third-order valence-electron chi connectivity index (χ3n) is 6.34. The van der Waals surface area contributed by atoms with E-state index in [0.29, 0.717) is 48.4 Å². The van der Waals surface area contributed by atoms with Crippen molar-refractivity contribution in [3.05, 3.63) is 84.7 Å². The van der Waals surface area contributed by atoms with Gasteiger partial charge in [-0.1, -0.05) is 30.3 Å². The van der Waals surface area contributed by atoms with Crippen molar-refractivity contribution in [3.8, 4) is 28.3 Å². The van der Waals surface area contributed by atoms with Gasteiger partial charge in [-0.25, -0.2) is 27.6 Å². The van der Waals surface area contributed by atoms with Gasteiger partial charge in [0, 0.05) is 29.6 Å². The molecule has 1 atom stereocenters. The Labute approximate surface area is 231 Å². The van der Waals surface area contributed by atoms with Crippen LogP contribution in [0.1, 0.15) is 6.92 Å². The Morgan fingerprint density at radius 1 is 1.02 bits per heavy atom. The maximum Gasteiger partial charge on any atom is 0.417 e. The minimum Gasteiger partial charge on any atom is -0.410 e. The molecule has 3 aromatic carbocycles. The molecule has 0 saturated carbocycles. The summed E-state index contributed by atoms with van der Waals surface area (Å²) in [5.41, 5.74) is 2.11. The highest BCUT2D eigenvalue weighted by atomic mass is 32.2. The second-order valence-electron chi connectivity index (χ2n) is 9.37. The van der Waals surface area contributed by atoms with Crippen molar-refractivity contribution in [2.24, 2.45) is 0 Å². The van der Waals surface area contributed by atoms with Crippen molar-refractivity contribution < 1.29 is 27.1 Å². The minimum atomic E-state index is -3.68. The molecule has 1 N–H and O–H groups in total. The number of aromatic nitrogens is 2. The van der Waals surface area contributed by atoms with Gasteiger partial charge in [-0.05, 0) is 55.5 Å². The van der Waals surface area contributed by atoms with Crippen LogP contribution in [-0.4, -0.2) is 56.5 Å². The van der Waals surface area contributed by atoms with Crippen LogP contribution in [0.25, 0.3) is 22.5 Å². The second kappa shape index (κ2) is 11.4. The lowest BCUT2D eigenvalue weighted by Gasteiger charge is -2.33. The number of benzene rings is 3. The number of halogens is 1. The molecule has 0 unspecified atom stereocenters. The fraction of sp³-hybridized carbons (Fsp3) is 0.207.